The average Bonchev–Trinajstić information content (AvgIpc) is 3.13. The summed E-state index contributed by atoms with van der Waals surface area (Å²) < 4.78 is 0. The molecule has 8 nitrogen and oxygen atoms in total. The third-order valence-corrected chi connectivity index (χ3v) is 5.18. The van der Waals surface area contributed by atoms with Crippen LogP contribution in [0.1, 0.15) is 96.3 Å². The van der Waals surface area contributed by atoms with Gasteiger partial charge in [0.2, 0.25) is 0 Å². The van der Waals surface area contributed by atoms with Gasteiger partial charge in [-0.3, -0.25) is 19.2 Å². The molecule has 0 aromatic carbocycles. The summed E-state index contributed by atoms with van der Waals surface area (Å²) in [5.41, 5.74) is 0. The lowest BCUT2D eigenvalue weighted by Gasteiger charge is -2.09. The number of carboxylic acids is 4. The van der Waals surface area contributed by atoms with Gasteiger partial charge in [0, 0.05) is 12.8 Å². The van der Waals surface area contributed by atoms with Crippen molar-refractivity contribution in [1.29, 1.82) is 0 Å². The van der Waals surface area contributed by atoms with Crippen LogP contribution in [0.4, 0.5) is 0 Å². The molecule has 1 aliphatic carbocycles. The Morgan fingerprint density at radius 3 is 1.03 bits per heavy atom. The van der Waals surface area contributed by atoms with E-state index in [9.17, 15) is 19.2 Å². The van der Waals surface area contributed by atoms with Crippen LogP contribution in [-0.2, 0) is 19.2 Å². The molecule has 8 heteroatoms. The number of carbonyl (C=O) groups is 4. The van der Waals surface area contributed by atoms with Crippen LogP contribution in [0.2, 0.25) is 0 Å². The van der Waals surface area contributed by atoms with Crippen LogP contribution in [0.15, 0.2) is 0 Å². The summed E-state index contributed by atoms with van der Waals surface area (Å²) in [4.78, 5) is 41.4. The van der Waals surface area contributed by atoms with Crippen LogP contribution in [-0.4, -0.2) is 44.3 Å². The molecule has 168 valence electrons. The van der Waals surface area contributed by atoms with Gasteiger partial charge in [0.1, 0.15) is 0 Å². The van der Waals surface area contributed by atoms with E-state index in [0.29, 0.717) is 32.1 Å². The fraction of sp³-hybridized carbons (Fsp3) is 0.810. The maximum absolute atomic E-state index is 10.5. The number of aliphatic carboxylic acids is 4. The van der Waals surface area contributed by atoms with E-state index in [1.54, 1.807) is 0 Å². The summed E-state index contributed by atoms with van der Waals surface area (Å²) in [6.07, 6.45) is 13.0. The first kappa shape index (κ1) is 26.9. The quantitative estimate of drug-likeness (QED) is 0.287. The summed E-state index contributed by atoms with van der Waals surface area (Å²) in [5.74, 6) is -4.67. The first-order valence-corrected chi connectivity index (χ1v) is 10.6. The lowest BCUT2D eigenvalue weighted by atomic mass is 9.97. The molecule has 0 aromatic heterocycles. The normalized spacial score (nSPS) is 17.9. The molecule has 0 radical (unpaired) electrons. The van der Waals surface area contributed by atoms with E-state index in [1.807, 2.05) is 0 Å². The second-order valence-corrected chi connectivity index (χ2v) is 7.64. The van der Waals surface area contributed by atoms with Crippen LogP contribution in [0, 0.1) is 11.8 Å². The van der Waals surface area contributed by atoms with Gasteiger partial charge in [-0.05, 0) is 25.7 Å². The van der Waals surface area contributed by atoms with Crippen molar-refractivity contribution in [3.05, 3.63) is 0 Å². The minimum Gasteiger partial charge on any atom is -0.481 e. The van der Waals surface area contributed by atoms with E-state index < -0.39 is 35.7 Å². The molecule has 0 saturated heterocycles. The summed E-state index contributed by atoms with van der Waals surface area (Å²) in [5, 5.41) is 34.0. The van der Waals surface area contributed by atoms with Gasteiger partial charge in [0.25, 0.3) is 0 Å². The second kappa shape index (κ2) is 16.8. The number of rotatable bonds is 15. The van der Waals surface area contributed by atoms with Crippen molar-refractivity contribution < 1.29 is 39.6 Å². The van der Waals surface area contributed by atoms with Gasteiger partial charge >= 0.3 is 23.9 Å². The monoisotopic (exact) mass is 416 g/mol. The van der Waals surface area contributed by atoms with Gasteiger partial charge in [-0.15, -0.1) is 0 Å². The zero-order valence-electron chi connectivity index (χ0n) is 17.2. The molecule has 1 rings (SSSR count). The molecular weight excluding hydrogens is 380 g/mol. The SMILES string of the molecule is O=C(O)C1CCCC1C(=O)O.O=C(O)CCCCCCCCCCCCC(=O)O. The molecule has 1 fully saturated rings. The summed E-state index contributed by atoms with van der Waals surface area (Å²) in [7, 11) is 0. The van der Waals surface area contributed by atoms with E-state index in [-0.39, 0.29) is 0 Å². The van der Waals surface area contributed by atoms with E-state index >= 15 is 0 Å². The molecule has 0 amide bonds. The van der Waals surface area contributed by atoms with Crippen molar-refractivity contribution in [2.45, 2.75) is 96.3 Å². The van der Waals surface area contributed by atoms with Gasteiger partial charge in [-0.25, -0.2) is 0 Å². The maximum Gasteiger partial charge on any atom is 0.307 e. The standard InChI is InChI=1S/C14H26O4.C7H10O4/c15-13(16)11-9-7-5-3-1-2-4-6-8-10-12-14(17)18;8-6(9)4-2-1-3-5(4)7(10)11/h1-12H2,(H,15,16)(H,17,18);4-5H,1-3H2,(H,8,9)(H,10,11). The van der Waals surface area contributed by atoms with Crippen molar-refractivity contribution in [2.75, 3.05) is 0 Å². The Balaban J connectivity index is 0.000000604. The lowest BCUT2D eigenvalue weighted by molar-refractivity contribution is -0.152. The summed E-state index contributed by atoms with van der Waals surface area (Å²) in [6.45, 7) is 0. The smallest absolute Gasteiger partial charge is 0.307 e. The zero-order valence-corrected chi connectivity index (χ0v) is 17.2. The van der Waals surface area contributed by atoms with Gasteiger partial charge in [-0.2, -0.15) is 0 Å². The first-order valence-electron chi connectivity index (χ1n) is 10.6. The van der Waals surface area contributed by atoms with Crippen LogP contribution in [0.3, 0.4) is 0 Å². The number of hydrogen-bond acceptors (Lipinski definition) is 4. The summed E-state index contributed by atoms with van der Waals surface area (Å²) in [6, 6.07) is 0. The highest BCUT2D eigenvalue weighted by molar-refractivity contribution is 5.80. The Kier molecular flexibility index (Phi) is 15.6. The number of carboxylic acid groups (broad SMARTS) is 4. The largest absolute Gasteiger partial charge is 0.481 e. The van der Waals surface area contributed by atoms with Crippen LogP contribution < -0.4 is 0 Å². The number of unbranched alkanes of at least 4 members (excludes halogenated alkanes) is 9. The van der Waals surface area contributed by atoms with Gasteiger partial charge in [0.05, 0.1) is 11.8 Å². The molecule has 2 unspecified atom stereocenters. The topological polar surface area (TPSA) is 149 Å². The van der Waals surface area contributed by atoms with E-state index in [4.69, 9.17) is 20.4 Å². The van der Waals surface area contributed by atoms with Crippen molar-refractivity contribution in [2.24, 2.45) is 11.8 Å². The minimum atomic E-state index is -0.977. The molecule has 0 aliphatic heterocycles. The van der Waals surface area contributed by atoms with Crippen LogP contribution >= 0.6 is 0 Å². The highest BCUT2D eigenvalue weighted by Crippen LogP contribution is 2.31. The molecule has 4 N–H and O–H groups in total. The van der Waals surface area contributed by atoms with Gasteiger partial charge < -0.3 is 20.4 Å². The van der Waals surface area contributed by atoms with E-state index in [1.165, 1.54) is 25.7 Å². The van der Waals surface area contributed by atoms with Crippen molar-refractivity contribution >= 4 is 23.9 Å². The maximum atomic E-state index is 10.5. The Morgan fingerprint density at radius 1 is 0.517 bits per heavy atom. The predicted octanol–water partition coefficient (Wildman–Crippen LogP) is 4.41. The predicted molar refractivity (Wildman–Crippen MR) is 107 cm³/mol. The molecular formula is C21H36O8. The Hall–Kier alpha value is -2.12. The number of hydrogen-bond donors (Lipinski definition) is 4. The second-order valence-electron chi connectivity index (χ2n) is 7.64. The Labute approximate surface area is 172 Å². The molecule has 2 atom stereocenters. The van der Waals surface area contributed by atoms with Crippen LogP contribution in [0.25, 0.3) is 0 Å². The fourth-order valence-corrected chi connectivity index (χ4v) is 3.52. The molecule has 1 saturated carbocycles. The molecule has 0 spiro atoms. The average molecular weight is 417 g/mol. The fourth-order valence-electron chi connectivity index (χ4n) is 3.52. The van der Waals surface area contributed by atoms with E-state index in [2.05, 4.69) is 0 Å². The third kappa shape index (κ3) is 15.5. The van der Waals surface area contributed by atoms with E-state index in [0.717, 1.165) is 38.5 Å². The van der Waals surface area contributed by atoms with Gasteiger partial charge in [-0.1, -0.05) is 57.8 Å². The molecule has 0 aromatic rings. The minimum absolute atomic E-state index is 0.295. The summed E-state index contributed by atoms with van der Waals surface area (Å²) >= 11 is 0. The molecule has 0 bridgehead atoms. The van der Waals surface area contributed by atoms with Crippen molar-refractivity contribution in [3.8, 4) is 0 Å². The molecule has 0 heterocycles. The Bertz CT molecular complexity index is 459. The molecule has 1 aliphatic rings. The lowest BCUT2D eigenvalue weighted by Crippen LogP contribution is -2.24. The van der Waals surface area contributed by atoms with Crippen LogP contribution in [0.5, 0.6) is 0 Å². The Morgan fingerprint density at radius 2 is 0.793 bits per heavy atom. The zero-order chi connectivity index (χ0) is 22.1. The third-order valence-electron chi connectivity index (χ3n) is 5.18. The first-order chi connectivity index (χ1) is 13.8. The highest BCUT2D eigenvalue weighted by Gasteiger charge is 2.37. The van der Waals surface area contributed by atoms with Crippen molar-refractivity contribution in [3.63, 3.8) is 0 Å². The molecule has 29 heavy (non-hydrogen) atoms. The highest BCUT2D eigenvalue weighted by atomic mass is 16.4. The van der Waals surface area contributed by atoms with Gasteiger partial charge in [0.15, 0.2) is 0 Å². The van der Waals surface area contributed by atoms with Crippen molar-refractivity contribution in [1.82, 2.24) is 0 Å².